The molecule has 2 unspecified atom stereocenters. The van der Waals surface area contributed by atoms with Crippen LogP contribution in [0.15, 0.2) is 6.07 Å². The molecular formula is C10H15N3O4. The molecule has 0 bridgehead atoms. The lowest BCUT2D eigenvalue weighted by Gasteiger charge is -2.16. The van der Waals surface area contributed by atoms with E-state index in [9.17, 15) is 10.2 Å². The van der Waals surface area contributed by atoms with Gasteiger partial charge in [0.1, 0.15) is 0 Å². The van der Waals surface area contributed by atoms with Crippen LogP contribution in [0.3, 0.4) is 0 Å². The Kier molecular flexibility index (Phi) is 3.30. The molecule has 0 amide bonds. The maximum Gasteiger partial charge on any atom is 0.232 e. The van der Waals surface area contributed by atoms with Gasteiger partial charge in [-0.15, -0.1) is 0 Å². The van der Waals surface area contributed by atoms with E-state index < -0.39 is 12.2 Å². The van der Waals surface area contributed by atoms with Crippen LogP contribution in [-0.4, -0.2) is 59.7 Å². The van der Waals surface area contributed by atoms with Crippen LogP contribution in [0.25, 0.3) is 0 Å². The van der Waals surface area contributed by atoms with Gasteiger partial charge in [-0.2, -0.15) is 9.97 Å². The molecule has 1 aliphatic rings. The predicted octanol–water partition coefficient (Wildman–Crippen LogP) is -0.964. The highest BCUT2D eigenvalue weighted by molar-refractivity contribution is 5.38. The molecule has 0 saturated carbocycles. The summed E-state index contributed by atoms with van der Waals surface area (Å²) in [6, 6.07) is 1.56. The Morgan fingerprint density at radius 3 is 2.00 bits per heavy atom. The van der Waals surface area contributed by atoms with Gasteiger partial charge in [0.05, 0.1) is 32.5 Å². The van der Waals surface area contributed by atoms with Crippen LogP contribution in [0, 0.1) is 0 Å². The quantitative estimate of drug-likeness (QED) is 0.704. The van der Waals surface area contributed by atoms with Gasteiger partial charge in [0.2, 0.25) is 17.7 Å². The second-order valence-electron chi connectivity index (χ2n) is 3.79. The summed E-state index contributed by atoms with van der Waals surface area (Å²) in [5.41, 5.74) is 0. The lowest BCUT2D eigenvalue weighted by molar-refractivity contribution is 0.0572. The molecule has 2 heterocycles. The summed E-state index contributed by atoms with van der Waals surface area (Å²) in [5, 5.41) is 18.9. The average molecular weight is 241 g/mol. The molecule has 0 radical (unpaired) electrons. The Labute approximate surface area is 98.6 Å². The third-order valence-corrected chi connectivity index (χ3v) is 2.63. The Morgan fingerprint density at radius 2 is 1.59 bits per heavy atom. The van der Waals surface area contributed by atoms with Crippen LogP contribution in [0.1, 0.15) is 0 Å². The number of nitrogens with zero attached hydrogens (tertiary/aromatic N) is 3. The smallest absolute Gasteiger partial charge is 0.232 e. The first kappa shape index (κ1) is 11.9. The van der Waals surface area contributed by atoms with Gasteiger partial charge in [0.25, 0.3) is 0 Å². The lowest BCUT2D eigenvalue weighted by atomic mass is 10.3. The molecule has 17 heavy (non-hydrogen) atoms. The fourth-order valence-corrected chi connectivity index (χ4v) is 1.68. The van der Waals surface area contributed by atoms with Crippen molar-refractivity contribution in [1.82, 2.24) is 9.97 Å². The average Bonchev–Trinajstić information content (AvgIpc) is 2.69. The number of aliphatic hydroxyl groups is 2. The number of ether oxygens (including phenoxy) is 2. The fraction of sp³-hybridized carbons (Fsp3) is 0.600. The maximum absolute atomic E-state index is 9.47. The summed E-state index contributed by atoms with van der Waals surface area (Å²) in [6.07, 6.45) is -1.56. The third-order valence-electron chi connectivity index (χ3n) is 2.63. The number of aromatic nitrogens is 2. The first-order valence-electron chi connectivity index (χ1n) is 5.22. The summed E-state index contributed by atoms with van der Waals surface area (Å²) in [7, 11) is 3.00. The number of rotatable bonds is 3. The van der Waals surface area contributed by atoms with Crippen molar-refractivity contribution in [3.05, 3.63) is 6.07 Å². The van der Waals surface area contributed by atoms with Crippen molar-refractivity contribution in [2.24, 2.45) is 0 Å². The summed E-state index contributed by atoms with van der Waals surface area (Å²) >= 11 is 0. The molecule has 7 heteroatoms. The van der Waals surface area contributed by atoms with Crippen LogP contribution in [0.5, 0.6) is 11.8 Å². The Hall–Kier alpha value is -1.60. The van der Waals surface area contributed by atoms with E-state index in [1.54, 1.807) is 11.0 Å². The van der Waals surface area contributed by atoms with E-state index in [-0.39, 0.29) is 13.1 Å². The highest BCUT2D eigenvalue weighted by Crippen LogP contribution is 2.23. The number of hydrogen-bond acceptors (Lipinski definition) is 7. The van der Waals surface area contributed by atoms with Crippen molar-refractivity contribution in [2.45, 2.75) is 12.2 Å². The Morgan fingerprint density at radius 1 is 1.12 bits per heavy atom. The van der Waals surface area contributed by atoms with Crippen LogP contribution >= 0.6 is 0 Å². The van der Waals surface area contributed by atoms with Gasteiger partial charge in [-0.25, -0.2) is 0 Å². The molecule has 2 atom stereocenters. The second kappa shape index (κ2) is 4.72. The molecule has 0 aliphatic carbocycles. The zero-order valence-corrected chi connectivity index (χ0v) is 9.70. The highest BCUT2D eigenvalue weighted by atomic mass is 16.5. The molecule has 0 aromatic carbocycles. The minimum atomic E-state index is -0.782. The molecule has 94 valence electrons. The Bertz CT molecular complexity index is 369. The number of hydrogen-bond donors (Lipinski definition) is 2. The van der Waals surface area contributed by atoms with Crippen LogP contribution in [-0.2, 0) is 0 Å². The SMILES string of the molecule is COc1cc(OC)nc(N2CC(O)C(O)C2)n1. The fourth-order valence-electron chi connectivity index (χ4n) is 1.68. The van der Waals surface area contributed by atoms with E-state index in [0.29, 0.717) is 17.7 Å². The van der Waals surface area contributed by atoms with E-state index in [1.165, 1.54) is 14.2 Å². The van der Waals surface area contributed by atoms with Crippen LogP contribution in [0.2, 0.25) is 0 Å². The molecule has 0 spiro atoms. The standard InChI is InChI=1S/C10H15N3O4/c1-16-8-3-9(17-2)12-10(11-8)13-4-6(14)7(15)5-13/h3,6-7,14-15H,4-5H2,1-2H3. The van der Waals surface area contributed by atoms with Crippen molar-refractivity contribution in [1.29, 1.82) is 0 Å². The zero-order valence-electron chi connectivity index (χ0n) is 9.70. The zero-order chi connectivity index (χ0) is 12.4. The molecule has 2 rings (SSSR count). The highest BCUT2D eigenvalue weighted by Gasteiger charge is 2.31. The Balaban J connectivity index is 2.26. The van der Waals surface area contributed by atoms with E-state index in [0.717, 1.165) is 0 Å². The van der Waals surface area contributed by atoms with Crippen molar-refractivity contribution < 1.29 is 19.7 Å². The summed E-state index contributed by atoms with van der Waals surface area (Å²) in [4.78, 5) is 9.96. The number of aliphatic hydroxyl groups excluding tert-OH is 2. The molecule has 1 aromatic heterocycles. The summed E-state index contributed by atoms with van der Waals surface area (Å²) in [5.74, 6) is 1.13. The van der Waals surface area contributed by atoms with Crippen LogP contribution < -0.4 is 14.4 Å². The first-order chi connectivity index (χ1) is 8.13. The monoisotopic (exact) mass is 241 g/mol. The second-order valence-corrected chi connectivity index (χ2v) is 3.79. The lowest BCUT2D eigenvalue weighted by Crippen LogP contribution is -2.23. The van der Waals surface area contributed by atoms with Gasteiger partial charge in [-0.3, -0.25) is 0 Å². The number of methoxy groups -OCH3 is 2. The van der Waals surface area contributed by atoms with Crippen molar-refractivity contribution in [3.8, 4) is 11.8 Å². The van der Waals surface area contributed by atoms with E-state index in [4.69, 9.17) is 9.47 Å². The van der Waals surface area contributed by atoms with Gasteiger partial charge in [0, 0.05) is 13.1 Å². The van der Waals surface area contributed by atoms with E-state index in [1.807, 2.05) is 0 Å². The molecule has 7 nitrogen and oxygen atoms in total. The van der Waals surface area contributed by atoms with E-state index in [2.05, 4.69) is 9.97 Å². The minimum Gasteiger partial charge on any atom is -0.481 e. The molecule has 1 aromatic rings. The van der Waals surface area contributed by atoms with E-state index >= 15 is 0 Å². The molecule has 1 fully saturated rings. The van der Waals surface area contributed by atoms with Crippen LogP contribution in [0.4, 0.5) is 5.95 Å². The minimum absolute atomic E-state index is 0.289. The van der Waals surface area contributed by atoms with Gasteiger partial charge in [-0.05, 0) is 0 Å². The molecule has 1 aliphatic heterocycles. The summed E-state index contributed by atoms with van der Waals surface area (Å²) in [6.45, 7) is 0.578. The first-order valence-corrected chi connectivity index (χ1v) is 5.22. The number of β-amino-alcohol motifs (C(OH)–C–C–N with tert-alkyl or cyclic N) is 2. The topological polar surface area (TPSA) is 87.9 Å². The molecular weight excluding hydrogens is 226 g/mol. The normalized spacial score (nSPS) is 23.9. The number of anilines is 1. The maximum atomic E-state index is 9.47. The largest absolute Gasteiger partial charge is 0.481 e. The van der Waals surface area contributed by atoms with Gasteiger partial charge in [-0.1, -0.05) is 0 Å². The van der Waals surface area contributed by atoms with Gasteiger partial charge < -0.3 is 24.6 Å². The molecule has 2 N–H and O–H groups in total. The van der Waals surface area contributed by atoms with Crippen molar-refractivity contribution >= 4 is 5.95 Å². The van der Waals surface area contributed by atoms with Gasteiger partial charge >= 0.3 is 0 Å². The molecule has 1 saturated heterocycles. The van der Waals surface area contributed by atoms with Crippen molar-refractivity contribution in [2.75, 3.05) is 32.2 Å². The van der Waals surface area contributed by atoms with Gasteiger partial charge in [0.15, 0.2) is 0 Å². The summed E-state index contributed by atoms with van der Waals surface area (Å²) < 4.78 is 10.1. The van der Waals surface area contributed by atoms with Crippen molar-refractivity contribution in [3.63, 3.8) is 0 Å². The predicted molar refractivity (Wildman–Crippen MR) is 59.4 cm³/mol. The third kappa shape index (κ3) is 2.40.